The topological polar surface area (TPSA) is 32.3 Å². The van der Waals surface area contributed by atoms with Gasteiger partial charge in [-0.1, -0.05) is 38.5 Å². The lowest BCUT2D eigenvalue weighted by Crippen LogP contribution is -2.35. The number of nitrogens with zero attached hydrogens (tertiary/aromatic N) is 1. The molecule has 2 rings (SSSR count). The highest BCUT2D eigenvalue weighted by molar-refractivity contribution is 7.80. The van der Waals surface area contributed by atoms with Gasteiger partial charge in [-0.15, -0.1) is 0 Å². The van der Waals surface area contributed by atoms with Crippen molar-refractivity contribution in [1.82, 2.24) is 5.32 Å². The molecule has 0 spiro atoms. The highest BCUT2D eigenvalue weighted by atomic mass is 32.1. The fourth-order valence-corrected chi connectivity index (χ4v) is 2.26. The van der Waals surface area contributed by atoms with Crippen molar-refractivity contribution < 1.29 is 4.79 Å². The minimum absolute atomic E-state index is 0.0514. The number of benzene rings is 1. The van der Waals surface area contributed by atoms with Gasteiger partial charge in [0.05, 0.1) is 5.69 Å². The summed E-state index contributed by atoms with van der Waals surface area (Å²) in [7, 11) is 0. The van der Waals surface area contributed by atoms with Gasteiger partial charge in [-0.05, 0) is 30.3 Å². The molecule has 1 aromatic carbocycles. The molecule has 1 N–H and O–H groups in total. The third-order valence-electron chi connectivity index (χ3n) is 3.20. The maximum atomic E-state index is 12.3. The van der Waals surface area contributed by atoms with Crippen LogP contribution in [0.25, 0.3) is 0 Å². The van der Waals surface area contributed by atoms with E-state index >= 15 is 0 Å². The minimum atomic E-state index is -0.187. The maximum Gasteiger partial charge on any atom is 0.256 e. The molecule has 1 aromatic rings. The minimum Gasteiger partial charge on any atom is -0.350 e. The molecule has 1 amide bonds. The number of hydrogen-bond acceptors (Lipinski definition) is 2. The van der Waals surface area contributed by atoms with Gasteiger partial charge in [0.15, 0.2) is 5.11 Å². The van der Waals surface area contributed by atoms with Crippen LogP contribution < -0.4 is 10.2 Å². The first-order valence-electron chi connectivity index (χ1n) is 5.84. The number of carbonyl (C=O) groups excluding carboxylic acids is 1. The number of anilines is 1. The summed E-state index contributed by atoms with van der Waals surface area (Å²) in [6, 6.07) is 9.33. The van der Waals surface area contributed by atoms with Crippen molar-refractivity contribution in [1.29, 1.82) is 0 Å². The van der Waals surface area contributed by atoms with E-state index in [4.69, 9.17) is 12.2 Å². The van der Waals surface area contributed by atoms with Crippen LogP contribution in [0.5, 0.6) is 0 Å². The number of para-hydroxylation sites is 1. The van der Waals surface area contributed by atoms with Gasteiger partial charge in [-0.2, -0.15) is 0 Å². The highest BCUT2D eigenvalue weighted by Crippen LogP contribution is 2.23. The first-order valence-corrected chi connectivity index (χ1v) is 6.25. The summed E-state index contributed by atoms with van der Waals surface area (Å²) in [5, 5.41) is 3.62. The van der Waals surface area contributed by atoms with E-state index in [9.17, 15) is 4.79 Å². The Bertz CT molecular complexity index is 432. The van der Waals surface area contributed by atoms with Crippen LogP contribution in [0.3, 0.4) is 0 Å². The molecule has 4 heteroatoms. The lowest BCUT2D eigenvalue weighted by molar-refractivity contribution is -0.119. The molecule has 0 aromatic heterocycles. The second-order valence-corrected chi connectivity index (χ2v) is 4.71. The first-order chi connectivity index (χ1) is 8.15. The molecule has 1 aliphatic heterocycles. The Hall–Kier alpha value is -1.42. The molecule has 17 heavy (non-hydrogen) atoms. The van der Waals surface area contributed by atoms with Crippen LogP contribution >= 0.6 is 12.2 Å². The van der Waals surface area contributed by atoms with Gasteiger partial charge in [0.2, 0.25) is 0 Å². The smallest absolute Gasteiger partial charge is 0.256 e. The van der Waals surface area contributed by atoms with Crippen molar-refractivity contribution in [3.05, 3.63) is 30.3 Å². The van der Waals surface area contributed by atoms with E-state index < -0.39 is 0 Å². The van der Waals surface area contributed by atoms with Crippen LogP contribution in [0.1, 0.15) is 20.3 Å². The summed E-state index contributed by atoms with van der Waals surface area (Å²) >= 11 is 5.24. The summed E-state index contributed by atoms with van der Waals surface area (Å²) in [5.74, 6) is 0.338. The van der Waals surface area contributed by atoms with Crippen LogP contribution in [-0.2, 0) is 4.79 Å². The molecule has 0 bridgehead atoms. The summed E-state index contributed by atoms with van der Waals surface area (Å²) in [4.78, 5) is 13.9. The third kappa shape index (κ3) is 2.17. The SMILES string of the molecule is CC[C@H](C)[C@@H]1NC(=S)N(c2ccccc2)C1=O. The van der Waals surface area contributed by atoms with Gasteiger partial charge in [-0.3, -0.25) is 9.69 Å². The molecular weight excluding hydrogens is 232 g/mol. The molecule has 1 saturated heterocycles. The van der Waals surface area contributed by atoms with E-state index in [2.05, 4.69) is 19.2 Å². The second kappa shape index (κ2) is 4.84. The van der Waals surface area contributed by atoms with Gasteiger partial charge in [0, 0.05) is 0 Å². The molecule has 0 unspecified atom stereocenters. The summed E-state index contributed by atoms with van der Waals surface area (Å²) < 4.78 is 0. The van der Waals surface area contributed by atoms with E-state index in [1.807, 2.05) is 30.3 Å². The normalized spacial score (nSPS) is 21.5. The fraction of sp³-hybridized carbons (Fsp3) is 0.385. The predicted molar refractivity (Wildman–Crippen MR) is 72.9 cm³/mol. The molecular formula is C13H16N2OS. The Balaban J connectivity index is 2.26. The number of amides is 1. The maximum absolute atomic E-state index is 12.3. The largest absolute Gasteiger partial charge is 0.350 e. The Kier molecular flexibility index (Phi) is 3.43. The van der Waals surface area contributed by atoms with Crippen LogP contribution in [0, 0.1) is 5.92 Å². The quantitative estimate of drug-likeness (QED) is 0.833. The van der Waals surface area contributed by atoms with Crippen molar-refractivity contribution >= 4 is 28.9 Å². The molecule has 1 heterocycles. The predicted octanol–water partition coefficient (Wildman–Crippen LogP) is 2.32. The van der Waals surface area contributed by atoms with Crippen molar-refractivity contribution in [3.63, 3.8) is 0 Å². The van der Waals surface area contributed by atoms with E-state index in [1.165, 1.54) is 0 Å². The molecule has 1 fully saturated rings. The van der Waals surface area contributed by atoms with E-state index in [0.29, 0.717) is 5.11 Å². The molecule has 2 atom stereocenters. The lowest BCUT2D eigenvalue weighted by Gasteiger charge is -2.16. The number of rotatable bonds is 3. The number of hydrogen-bond donors (Lipinski definition) is 1. The number of carbonyl (C=O) groups is 1. The molecule has 1 aliphatic rings. The molecule has 0 saturated carbocycles. The Morgan fingerprint density at radius 3 is 2.65 bits per heavy atom. The van der Waals surface area contributed by atoms with Crippen LogP contribution in [0.15, 0.2) is 30.3 Å². The Morgan fingerprint density at radius 2 is 2.06 bits per heavy atom. The van der Waals surface area contributed by atoms with Gasteiger partial charge in [-0.25, -0.2) is 0 Å². The zero-order chi connectivity index (χ0) is 12.4. The molecule has 3 nitrogen and oxygen atoms in total. The van der Waals surface area contributed by atoms with Crippen LogP contribution in [-0.4, -0.2) is 17.1 Å². The van der Waals surface area contributed by atoms with Crippen molar-refractivity contribution in [2.45, 2.75) is 26.3 Å². The summed E-state index contributed by atoms with van der Waals surface area (Å²) in [5.41, 5.74) is 0.834. The average Bonchev–Trinajstić information content (AvgIpc) is 2.65. The van der Waals surface area contributed by atoms with Crippen molar-refractivity contribution in [2.75, 3.05) is 4.90 Å². The van der Waals surface area contributed by atoms with Gasteiger partial charge >= 0.3 is 0 Å². The van der Waals surface area contributed by atoms with Crippen LogP contribution in [0.4, 0.5) is 5.69 Å². The van der Waals surface area contributed by atoms with E-state index in [1.54, 1.807) is 4.90 Å². The number of nitrogens with one attached hydrogen (secondary N) is 1. The Morgan fingerprint density at radius 1 is 1.41 bits per heavy atom. The zero-order valence-electron chi connectivity index (χ0n) is 10.0. The fourth-order valence-electron chi connectivity index (χ4n) is 1.94. The average molecular weight is 248 g/mol. The highest BCUT2D eigenvalue weighted by Gasteiger charge is 2.38. The number of thiocarbonyl (C=S) groups is 1. The summed E-state index contributed by atoms with van der Waals surface area (Å²) in [6.07, 6.45) is 0.953. The monoisotopic (exact) mass is 248 g/mol. The Labute approximate surface area is 107 Å². The zero-order valence-corrected chi connectivity index (χ0v) is 10.8. The van der Waals surface area contributed by atoms with Crippen molar-refractivity contribution in [2.24, 2.45) is 5.92 Å². The van der Waals surface area contributed by atoms with Crippen molar-refractivity contribution in [3.8, 4) is 0 Å². The first kappa shape index (κ1) is 12.0. The summed E-state index contributed by atoms with van der Waals surface area (Å²) in [6.45, 7) is 4.14. The van der Waals surface area contributed by atoms with Gasteiger partial charge < -0.3 is 5.32 Å². The molecule has 0 radical (unpaired) electrons. The molecule has 90 valence electrons. The van der Waals surface area contributed by atoms with Gasteiger partial charge in [0.25, 0.3) is 5.91 Å². The second-order valence-electron chi connectivity index (χ2n) is 4.32. The molecule has 0 aliphatic carbocycles. The van der Waals surface area contributed by atoms with E-state index in [0.717, 1.165) is 12.1 Å². The van der Waals surface area contributed by atoms with Crippen LogP contribution in [0.2, 0.25) is 0 Å². The van der Waals surface area contributed by atoms with E-state index in [-0.39, 0.29) is 17.9 Å². The lowest BCUT2D eigenvalue weighted by atomic mass is 9.99. The third-order valence-corrected chi connectivity index (χ3v) is 3.50. The standard InChI is InChI=1S/C13H16N2OS/c1-3-9(2)11-12(16)15(13(17)14-11)10-7-5-4-6-8-10/h4-9,11H,3H2,1-2H3,(H,14,17)/t9-,11-/m0/s1. The van der Waals surface area contributed by atoms with Gasteiger partial charge in [0.1, 0.15) is 6.04 Å².